The zero-order valence-electron chi connectivity index (χ0n) is 21.3. The number of alkyl halides is 3. The van der Waals surface area contributed by atoms with Crippen LogP contribution in [-0.4, -0.2) is 38.3 Å². The molecule has 0 spiro atoms. The van der Waals surface area contributed by atoms with Crippen LogP contribution < -0.4 is 9.04 Å². The quantitative estimate of drug-likeness (QED) is 0.279. The van der Waals surface area contributed by atoms with E-state index in [1.165, 1.54) is 25.1 Å². The third-order valence-corrected chi connectivity index (χ3v) is 8.63. The largest absolute Gasteiger partial charge is 0.486 e. The van der Waals surface area contributed by atoms with Gasteiger partial charge in [0.1, 0.15) is 23.5 Å². The summed E-state index contributed by atoms with van der Waals surface area (Å²) >= 11 is 0. The van der Waals surface area contributed by atoms with Gasteiger partial charge in [0.2, 0.25) is 0 Å². The van der Waals surface area contributed by atoms with Gasteiger partial charge in [0.25, 0.3) is 10.0 Å². The number of carboxylic acids is 1. The van der Waals surface area contributed by atoms with Gasteiger partial charge in [-0.25, -0.2) is 17.2 Å². The third-order valence-electron chi connectivity index (χ3n) is 6.92. The average Bonchev–Trinajstić information content (AvgIpc) is 2.85. The maximum atomic E-state index is 14.5. The van der Waals surface area contributed by atoms with Crippen molar-refractivity contribution in [3.8, 4) is 16.9 Å². The van der Waals surface area contributed by atoms with Crippen LogP contribution in [0, 0.1) is 23.5 Å². The molecule has 2 aromatic carbocycles. The van der Waals surface area contributed by atoms with Gasteiger partial charge in [-0.2, -0.15) is 13.2 Å². The van der Waals surface area contributed by atoms with E-state index in [1.807, 2.05) is 0 Å². The second kappa shape index (κ2) is 11.1. The number of allylic oxidation sites excluding steroid dienone is 4. The lowest BCUT2D eigenvalue weighted by molar-refractivity contribution is -0.146. The van der Waals surface area contributed by atoms with E-state index in [9.17, 15) is 35.2 Å². The van der Waals surface area contributed by atoms with Crippen molar-refractivity contribution in [1.82, 2.24) is 0 Å². The minimum atomic E-state index is -4.84. The maximum absolute atomic E-state index is 14.5. The molecule has 1 aliphatic carbocycles. The molecular weight excluding hydrogens is 557 g/mol. The summed E-state index contributed by atoms with van der Waals surface area (Å²) in [7, 11) is -4.66. The molecule has 40 heavy (non-hydrogen) atoms. The summed E-state index contributed by atoms with van der Waals surface area (Å²) in [4.78, 5) is 10.3. The average molecular weight is 584 g/mol. The lowest BCUT2D eigenvalue weighted by atomic mass is 9.72. The summed E-state index contributed by atoms with van der Waals surface area (Å²) in [6.45, 7) is 4.44. The first-order valence-electron chi connectivity index (χ1n) is 12.3. The summed E-state index contributed by atoms with van der Waals surface area (Å²) in [5, 5.41) is 9.15. The van der Waals surface area contributed by atoms with Gasteiger partial charge in [0, 0.05) is 5.56 Å². The molecule has 0 amide bonds. The molecule has 12 heteroatoms. The predicted molar refractivity (Wildman–Crippen MR) is 139 cm³/mol. The Bertz CT molecular complexity index is 1490. The van der Waals surface area contributed by atoms with Gasteiger partial charge in [-0.15, -0.1) is 0 Å². The topological polar surface area (TPSA) is 83.9 Å². The number of hydrogen-bond acceptors (Lipinski definition) is 4. The Labute approximate surface area is 228 Å². The first-order valence-corrected chi connectivity index (χ1v) is 13.8. The molecule has 1 saturated carbocycles. The Kier molecular flexibility index (Phi) is 8.11. The first kappa shape index (κ1) is 29.3. The minimum Gasteiger partial charge on any atom is -0.486 e. The molecule has 1 aliphatic heterocycles. The molecule has 2 aliphatic rings. The van der Waals surface area contributed by atoms with Crippen LogP contribution >= 0.6 is 0 Å². The summed E-state index contributed by atoms with van der Waals surface area (Å²) < 4.78 is 103. The lowest BCUT2D eigenvalue weighted by Gasteiger charge is -2.40. The molecular formula is C28H26F5NO5S. The second-order valence-electron chi connectivity index (χ2n) is 9.75. The van der Waals surface area contributed by atoms with Gasteiger partial charge in [-0.3, -0.25) is 9.10 Å². The van der Waals surface area contributed by atoms with E-state index in [2.05, 4.69) is 6.58 Å². The van der Waals surface area contributed by atoms with E-state index in [0.717, 1.165) is 34.7 Å². The highest BCUT2D eigenvalue weighted by molar-refractivity contribution is 7.96. The van der Waals surface area contributed by atoms with E-state index in [0.29, 0.717) is 25.3 Å². The van der Waals surface area contributed by atoms with Crippen molar-refractivity contribution in [2.75, 3.05) is 10.8 Å². The molecule has 0 unspecified atom stereocenters. The highest BCUT2D eigenvalue weighted by atomic mass is 32.2. The monoisotopic (exact) mass is 583 g/mol. The van der Waals surface area contributed by atoms with Gasteiger partial charge in [-0.1, -0.05) is 24.8 Å². The molecule has 1 fully saturated rings. The number of benzene rings is 2. The van der Waals surface area contributed by atoms with Crippen molar-refractivity contribution in [3.05, 3.63) is 83.3 Å². The predicted octanol–water partition coefficient (Wildman–Crippen LogP) is 6.61. The number of sulfonamides is 1. The van der Waals surface area contributed by atoms with Crippen LogP contribution in [0.3, 0.4) is 0 Å². The molecule has 4 rings (SSSR count). The number of carbonyl (C=O) groups is 1. The number of rotatable bonds is 8. The Morgan fingerprint density at radius 3 is 2.50 bits per heavy atom. The van der Waals surface area contributed by atoms with Crippen LogP contribution in [0.2, 0.25) is 0 Å². The maximum Gasteiger partial charge on any atom is 0.416 e. The smallest absolute Gasteiger partial charge is 0.416 e. The van der Waals surface area contributed by atoms with Crippen molar-refractivity contribution in [3.63, 3.8) is 0 Å². The molecule has 0 saturated heterocycles. The van der Waals surface area contributed by atoms with E-state index in [1.54, 1.807) is 0 Å². The molecule has 0 aromatic heterocycles. The number of ether oxygens (including phenoxy) is 1. The molecule has 0 radical (unpaired) electrons. The fraction of sp³-hybridized carbons (Fsp3) is 0.321. The highest BCUT2D eigenvalue weighted by Gasteiger charge is 2.41. The van der Waals surface area contributed by atoms with Gasteiger partial charge >= 0.3 is 12.1 Å². The molecule has 0 bridgehead atoms. The fourth-order valence-electron chi connectivity index (χ4n) is 4.84. The summed E-state index contributed by atoms with van der Waals surface area (Å²) in [5.74, 6) is -2.89. The zero-order valence-corrected chi connectivity index (χ0v) is 22.1. The fourth-order valence-corrected chi connectivity index (χ4v) is 6.17. The number of hydrogen-bond donors (Lipinski definition) is 1. The van der Waals surface area contributed by atoms with Crippen molar-refractivity contribution >= 4 is 21.7 Å². The molecule has 2 aromatic rings. The lowest BCUT2D eigenvalue weighted by Crippen LogP contribution is -2.45. The number of carboxylic acid groups (broad SMARTS) is 1. The van der Waals surface area contributed by atoms with E-state index in [-0.39, 0.29) is 35.0 Å². The highest BCUT2D eigenvalue weighted by Crippen LogP contribution is 2.44. The van der Waals surface area contributed by atoms with Crippen LogP contribution in [0.4, 0.5) is 27.6 Å². The third kappa shape index (κ3) is 6.06. The standard InChI is InChI=1S/C28H26F5NO5S/c1-3-4-20(28(31,32)33)9-16(2)40(37,38)34-15-22(12-17-10-19(11-17)27(35)36)39-26-8-5-18(13-25(26)34)23-14-21(29)6-7-24(23)30/h3-9,13-14,17,19,22H,2,10-12,15H2,1H3,(H,35,36)/b4-3-,20-9+/t17?,19?,22-/m0/s1. The van der Waals surface area contributed by atoms with E-state index >= 15 is 0 Å². The van der Waals surface area contributed by atoms with Crippen LogP contribution in [0.5, 0.6) is 5.75 Å². The van der Waals surface area contributed by atoms with Crippen LogP contribution in [0.25, 0.3) is 11.1 Å². The Hall–Kier alpha value is -3.67. The van der Waals surface area contributed by atoms with Crippen molar-refractivity contribution in [2.45, 2.75) is 38.5 Å². The number of nitrogens with zero attached hydrogens (tertiary/aromatic N) is 1. The Balaban J connectivity index is 1.74. The van der Waals surface area contributed by atoms with Gasteiger partial charge in [-0.05, 0) is 74.1 Å². The minimum absolute atomic E-state index is 0.0486. The van der Waals surface area contributed by atoms with Crippen molar-refractivity contribution in [2.24, 2.45) is 11.8 Å². The molecule has 1 N–H and O–H groups in total. The molecule has 1 heterocycles. The molecule has 6 nitrogen and oxygen atoms in total. The van der Waals surface area contributed by atoms with Gasteiger partial charge in [0.15, 0.2) is 0 Å². The van der Waals surface area contributed by atoms with Crippen LogP contribution in [0.1, 0.15) is 26.2 Å². The van der Waals surface area contributed by atoms with Gasteiger partial charge in [0.05, 0.1) is 28.6 Å². The van der Waals surface area contributed by atoms with E-state index < -0.39 is 56.3 Å². The number of fused-ring (bicyclic) bond motifs is 1. The summed E-state index contributed by atoms with van der Waals surface area (Å²) in [6.07, 6.45) is -2.24. The summed E-state index contributed by atoms with van der Waals surface area (Å²) in [6, 6.07) is 6.84. The molecule has 214 valence electrons. The number of anilines is 1. The number of aliphatic carboxylic acids is 1. The van der Waals surface area contributed by atoms with Gasteiger partial charge < -0.3 is 9.84 Å². The molecule has 1 atom stereocenters. The van der Waals surface area contributed by atoms with Crippen LogP contribution in [-0.2, 0) is 14.8 Å². The number of halogens is 5. The van der Waals surface area contributed by atoms with Crippen LogP contribution in [0.15, 0.2) is 71.7 Å². The first-order chi connectivity index (χ1) is 18.7. The van der Waals surface area contributed by atoms with Crippen molar-refractivity contribution in [1.29, 1.82) is 0 Å². The second-order valence-corrected chi connectivity index (χ2v) is 11.7. The SMILES string of the molecule is C=C(/C=C(\C=C/C)C(F)(F)F)S(=O)(=O)N1C[C@H](CC2CC(C(=O)O)C2)Oc2ccc(-c3cc(F)ccc3F)cc21. The van der Waals surface area contributed by atoms with Crippen molar-refractivity contribution < 1.29 is 45.0 Å². The van der Waals surface area contributed by atoms with E-state index in [4.69, 9.17) is 9.84 Å². The normalized spacial score (nSPS) is 21.5. The Morgan fingerprint density at radius 2 is 1.88 bits per heavy atom. The summed E-state index contributed by atoms with van der Waals surface area (Å²) in [5.41, 5.74) is -1.34. The Morgan fingerprint density at radius 1 is 1.18 bits per heavy atom. The zero-order chi connectivity index (χ0) is 29.4.